The van der Waals surface area contributed by atoms with E-state index in [0.717, 1.165) is 27.7 Å². The topological polar surface area (TPSA) is 109 Å². The van der Waals surface area contributed by atoms with Crippen LogP contribution in [-0.4, -0.2) is 42.5 Å². The van der Waals surface area contributed by atoms with E-state index < -0.39 is 21.7 Å². The summed E-state index contributed by atoms with van der Waals surface area (Å²) in [4.78, 5) is 25.1. The third kappa shape index (κ3) is 4.71. The van der Waals surface area contributed by atoms with Gasteiger partial charge in [-0.1, -0.05) is 25.1 Å². The molecule has 11 heteroatoms. The molecule has 0 atom stereocenters. The fourth-order valence-corrected chi connectivity index (χ4v) is 5.40. The van der Waals surface area contributed by atoms with Crippen molar-refractivity contribution in [3.05, 3.63) is 90.1 Å². The number of sulfonamides is 1. The van der Waals surface area contributed by atoms with E-state index >= 15 is 4.39 Å². The number of carbonyl (C=O) groups is 1. The zero-order valence-electron chi connectivity index (χ0n) is 22.8. The van der Waals surface area contributed by atoms with Crippen LogP contribution in [0.15, 0.2) is 77.3 Å². The maximum absolute atomic E-state index is 15.1. The van der Waals surface area contributed by atoms with Gasteiger partial charge in [0.05, 0.1) is 29.4 Å². The second kappa shape index (κ2) is 10.2. The molecular weight excluding hydrogens is 562 g/mol. The Kier molecular flexibility index (Phi) is 6.61. The molecule has 0 radical (unpaired) electrons. The van der Waals surface area contributed by atoms with E-state index in [9.17, 15) is 17.6 Å². The third-order valence-corrected chi connectivity index (χ3v) is 8.31. The number of furan rings is 1. The molecule has 0 aliphatic carbocycles. The summed E-state index contributed by atoms with van der Waals surface area (Å²) in [5.41, 5.74) is 2.57. The van der Waals surface area contributed by atoms with E-state index in [0.29, 0.717) is 16.6 Å². The first kappa shape index (κ1) is 27.3. The number of aromatic nitrogens is 3. The number of halogens is 2. The van der Waals surface area contributed by atoms with Gasteiger partial charge in [0.25, 0.3) is 0 Å². The summed E-state index contributed by atoms with van der Waals surface area (Å²) in [7, 11) is -2.41. The van der Waals surface area contributed by atoms with Gasteiger partial charge in [-0.15, -0.1) is 0 Å². The highest BCUT2D eigenvalue weighted by Crippen LogP contribution is 2.41. The van der Waals surface area contributed by atoms with Crippen LogP contribution < -0.4 is 4.31 Å². The minimum atomic E-state index is -3.78. The summed E-state index contributed by atoms with van der Waals surface area (Å²) in [5, 5.41) is 1.25. The van der Waals surface area contributed by atoms with Crippen LogP contribution in [0, 0.1) is 11.6 Å². The zero-order chi connectivity index (χ0) is 29.8. The number of nitrogens with one attached hydrogen (secondary N) is 1. The Morgan fingerprint density at radius 1 is 1.05 bits per heavy atom. The van der Waals surface area contributed by atoms with Crippen molar-refractivity contribution in [3.8, 4) is 34.1 Å². The van der Waals surface area contributed by atoms with Gasteiger partial charge in [-0.05, 0) is 42.5 Å². The molecule has 0 saturated carbocycles. The molecular formula is C31H24F2N4O4S. The average Bonchev–Trinajstić information content (AvgIpc) is 3.57. The van der Waals surface area contributed by atoms with Crippen molar-refractivity contribution in [2.24, 2.45) is 0 Å². The predicted octanol–water partition coefficient (Wildman–Crippen LogP) is 6.97. The molecule has 0 aliphatic rings. The number of fused-ring (bicyclic) bond motifs is 2. The van der Waals surface area contributed by atoms with Gasteiger partial charge in [-0.3, -0.25) is 9.10 Å². The number of aromatic amines is 1. The number of carbonyl (C=O) groups excluding carboxylic acids is 1. The molecule has 6 rings (SSSR count). The summed E-state index contributed by atoms with van der Waals surface area (Å²) in [6, 6.07) is 17.8. The van der Waals surface area contributed by atoms with Gasteiger partial charge >= 0.3 is 0 Å². The van der Waals surface area contributed by atoms with E-state index in [1.165, 1.54) is 37.4 Å². The average molecular weight is 587 g/mol. The summed E-state index contributed by atoms with van der Waals surface area (Å²) in [6.45, 7) is 1.71. The SMILES string of the molecule is CCC(=O)c1c(-c2ccc(F)cc2)oc2cc(N(C)S(C)(=O)=O)c(-c3ncc(F)c(-c4cc5ccccc5[nH]4)n3)cc12. The van der Waals surface area contributed by atoms with Gasteiger partial charge in [0, 0.05) is 47.0 Å². The number of benzene rings is 3. The Balaban J connectivity index is 1.63. The molecule has 0 spiro atoms. The number of hydrogen-bond acceptors (Lipinski definition) is 6. The van der Waals surface area contributed by atoms with Gasteiger partial charge in [0.1, 0.15) is 22.9 Å². The molecule has 0 aliphatic heterocycles. The second-order valence-corrected chi connectivity index (χ2v) is 11.9. The van der Waals surface area contributed by atoms with E-state index in [1.54, 1.807) is 19.1 Å². The molecule has 3 heterocycles. The fraction of sp³-hybridized carbons (Fsp3) is 0.129. The zero-order valence-corrected chi connectivity index (χ0v) is 23.6. The number of ketones is 1. The molecule has 0 amide bonds. The van der Waals surface area contributed by atoms with Crippen molar-refractivity contribution in [2.75, 3.05) is 17.6 Å². The van der Waals surface area contributed by atoms with Crippen LogP contribution in [-0.2, 0) is 10.0 Å². The van der Waals surface area contributed by atoms with E-state index in [1.807, 2.05) is 24.3 Å². The van der Waals surface area contributed by atoms with Crippen molar-refractivity contribution < 1.29 is 26.4 Å². The standard InChI is InChI=1S/C31H24F2N4O4S/c1-4-26(38)28-21-14-20(31-34-16-22(33)29(36-31)24-13-18-7-5-6-8-23(18)35-24)25(37(2)42(3,39)40)15-27(21)41-30(28)17-9-11-19(32)12-10-17/h5-16,35H,4H2,1-3H3. The van der Waals surface area contributed by atoms with Crippen molar-refractivity contribution in [3.63, 3.8) is 0 Å². The lowest BCUT2D eigenvalue weighted by Gasteiger charge is -2.20. The highest BCUT2D eigenvalue weighted by atomic mass is 32.2. The summed E-state index contributed by atoms with van der Waals surface area (Å²) in [6.07, 6.45) is 2.22. The van der Waals surface area contributed by atoms with Crippen LogP contribution in [0.25, 0.3) is 56.0 Å². The lowest BCUT2D eigenvalue weighted by Crippen LogP contribution is -2.25. The van der Waals surface area contributed by atoms with Crippen LogP contribution >= 0.6 is 0 Å². The van der Waals surface area contributed by atoms with Crippen LogP contribution in [0.5, 0.6) is 0 Å². The molecule has 1 N–H and O–H groups in total. The molecule has 8 nitrogen and oxygen atoms in total. The molecule has 6 aromatic rings. The highest BCUT2D eigenvalue weighted by molar-refractivity contribution is 7.92. The Morgan fingerprint density at radius 3 is 2.48 bits per heavy atom. The first-order chi connectivity index (χ1) is 20.0. The number of H-pyrrole nitrogens is 1. The molecule has 42 heavy (non-hydrogen) atoms. The summed E-state index contributed by atoms with van der Waals surface area (Å²) >= 11 is 0. The Bertz CT molecular complexity index is 2090. The van der Waals surface area contributed by atoms with Crippen LogP contribution in [0.4, 0.5) is 14.5 Å². The molecule has 3 aromatic carbocycles. The third-order valence-electron chi connectivity index (χ3n) is 7.12. The van der Waals surface area contributed by atoms with Gasteiger partial charge in [0.2, 0.25) is 10.0 Å². The number of para-hydroxylation sites is 1. The molecule has 0 saturated heterocycles. The maximum atomic E-state index is 15.1. The van der Waals surface area contributed by atoms with Crippen molar-refractivity contribution in [1.29, 1.82) is 0 Å². The number of anilines is 1. The minimum Gasteiger partial charge on any atom is -0.455 e. The van der Waals surface area contributed by atoms with Gasteiger partial charge in [-0.25, -0.2) is 27.2 Å². The van der Waals surface area contributed by atoms with Crippen LogP contribution in [0.2, 0.25) is 0 Å². The van der Waals surface area contributed by atoms with E-state index in [2.05, 4.69) is 15.0 Å². The summed E-state index contributed by atoms with van der Waals surface area (Å²) in [5.74, 6) is -1.09. The van der Waals surface area contributed by atoms with Crippen molar-refractivity contribution >= 4 is 43.4 Å². The van der Waals surface area contributed by atoms with Crippen molar-refractivity contribution in [2.45, 2.75) is 13.3 Å². The molecule has 0 bridgehead atoms. The second-order valence-electron chi connectivity index (χ2n) is 9.85. The lowest BCUT2D eigenvalue weighted by atomic mass is 9.98. The normalized spacial score (nSPS) is 11.8. The summed E-state index contributed by atoms with van der Waals surface area (Å²) < 4.78 is 61.3. The number of Topliss-reactive ketones (excluding diaryl/α,β-unsaturated/α-hetero) is 1. The molecule has 3 aromatic heterocycles. The Labute approximate surface area is 239 Å². The van der Waals surface area contributed by atoms with E-state index in [-0.39, 0.29) is 51.9 Å². The molecule has 0 unspecified atom stereocenters. The van der Waals surface area contributed by atoms with Gasteiger partial charge in [0.15, 0.2) is 17.4 Å². The predicted molar refractivity (Wildman–Crippen MR) is 158 cm³/mol. The quantitative estimate of drug-likeness (QED) is 0.202. The number of rotatable bonds is 7. The Hall–Kier alpha value is -4.90. The smallest absolute Gasteiger partial charge is 0.232 e. The monoisotopic (exact) mass is 586 g/mol. The van der Waals surface area contributed by atoms with Crippen LogP contribution in [0.3, 0.4) is 0 Å². The number of nitrogens with zero attached hydrogens (tertiary/aromatic N) is 3. The highest BCUT2D eigenvalue weighted by Gasteiger charge is 2.27. The van der Waals surface area contributed by atoms with E-state index in [4.69, 9.17) is 4.42 Å². The van der Waals surface area contributed by atoms with Crippen molar-refractivity contribution in [1.82, 2.24) is 15.0 Å². The molecule has 0 fully saturated rings. The number of hydrogen-bond donors (Lipinski definition) is 1. The van der Waals surface area contributed by atoms with Crippen LogP contribution in [0.1, 0.15) is 23.7 Å². The molecule has 212 valence electrons. The maximum Gasteiger partial charge on any atom is 0.232 e. The van der Waals surface area contributed by atoms with Gasteiger partial charge < -0.3 is 9.40 Å². The largest absolute Gasteiger partial charge is 0.455 e. The Morgan fingerprint density at radius 2 is 1.79 bits per heavy atom. The fourth-order valence-electron chi connectivity index (χ4n) is 4.90. The van der Waals surface area contributed by atoms with Gasteiger partial charge in [-0.2, -0.15) is 0 Å². The first-order valence-corrected chi connectivity index (χ1v) is 14.8. The first-order valence-electron chi connectivity index (χ1n) is 13.0. The lowest BCUT2D eigenvalue weighted by molar-refractivity contribution is 0.0989. The minimum absolute atomic E-state index is 0.00620.